The molecule has 2 aliphatic rings. The van der Waals surface area contributed by atoms with E-state index < -0.39 is 10.0 Å². The highest BCUT2D eigenvalue weighted by Gasteiger charge is 2.51. The second-order valence-electron chi connectivity index (χ2n) is 5.61. The first kappa shape index (κ1) is 11.8. The maximum atomic E-state index is 12.4. The van der Waals surface area contributed by atoms with Crippen LogP contribution in [-0.4, -0.2) is 19.3 Å². The SMILES string of the molecule is Cc1ccc(S(=O)(=O)N2C=C[C@@]3(C)C[C@H]3C2)cc1. The standard InChI is InChI=1S/C14H17NO2S/c1-11-3-5-13(6-4-11)18(16,17)15-8-7-14(2)9-12(14)10-15/h3-8,12H,9-10H2,1-2H3/t12-,14-/m0/s1. The zero-order valence-electron chi connectivity index (χ0n) is 10.6. The molecule has 0 unspecified atom stereocenters. The molecule has 18 heavy (non-hydrogen) atoms. The number of fused-ring (bicyclic) bond motifs is 1. The third kappa shape index (κ3) is 1.75. The van der Waals surface area contributed by atoms with Gasteiger partial charge in [-0.15, -0.1) is 0 Å². The molecule has 0 N–H and O–H groups in total. The Labute approximate surface area is 108 Å². The van der Waals surface area contributed by atoms with Crippen LogP contribution >= 0.6 is 0 Å². The van der Waals surface area contributed by atoms with Crippen molar-refractivity contribution in [2.75, 3.05) is 6.54 Å². The predicted octanol–water partition coefficient (Wildman–Crippen LogP) is 2.54. The van der Waals surface area contributed by atoms with Gasteiger partial charge >= 0.3 is 0 Å². The van der Waals surface area contributed by atoms with E-state index >= 15 is 0 Å². The van der Waals surface area contributed by atoms with Gasteiger partial charge in [-0.25, -0.2) is 8.42 Å². The molecule has 3 nitrogen and oxygen atoms in total. The summed E-state index contributed by atoms with van der Waals surface area (Å²) in [4.78, 5) is 0.377. The van der Waals surface area contributed by atoms with E-state index in [0.29, 0.717) is 17.4 Å². The van der Waals surface area contributed by atoms with Crippen LogP contribution in [0.25, 0.3) is 0 Å². The van der Waals surface area contributed by atoms with Crippen molar-refractivity contribution in [2.45, 2.75) is 25.2 Å². The van der Waals surface area contributed by atoms with Gasteiger partial charge in [-0.1, -0.05) is 30.7 Å². The summed E-state index contributed by atoms with van der Waals surface area (Å²) in [7, 11) is -3.37. The molecular weight excluding hydrogens is 246 g/mol. The van der Waals surface area contributed by atoms with Gasteiger partial charge in [-0.3, -0.25) is 4.31 Å². The molecule has 0 spiro atoms. The van der Waals surface area contributed by atoms with Crippen molar-refractivity contribution in [3.8, 4) is 0 Å². The number of hydrogen-bond acceptors (Lipinski definition) is 2. The highest BCUT2D eigenvalue weighted by molar-refractivity contribution is 7.89. The molecule has 0 radical (unpaired) electrons. The number of hydrogen-bond donors (Lipinski definition) is 0. The van der Waals surface area contributed by atoms with Gasteiger partial charge in [0.1, 0.15) is 0 Å². The molecular formula is C14H17NO2S. The number of nitrogens with zero attached hydrogens (tertiary/aromatic N) is 1. The molecule has 2 atom stereocenters. The summed E-state index contributed by atoms with van der Waals surface area (Å²) in [6.07, 6.45) is 4.87. The highest BCUT2D eigenvalue weighted by Crippen LogP contribution is 2.56. The number of sulfonamides is 1. The Morgan fingerprint density at radius 3 is 2.56 bits per heavy atom. The average molecular weight is 263 g/mol. The van der Waals surface area contributed by atoms with Crippen molar-refractivity contribution >= 4 is 10.0 Å². The smallest absolute Gasteiger partial charge is 0.263 e. The van der Waals surface area contributed by atoms with Gasteiger partial charge in [-0.2, -0.15) is 0 Å². The van der Waals surface area contributed by atoms with E-state index in [0.717, 1.165) is 12.0 Å². The van der Waals surface area contributed by atoms with Crippen molar-refractivity contribution < 1.29 is 8.42 Å². The normalized spacial score (nSPS) is 30.1. The van der Waals surface area contributed by atoms with Crippen LogP contribution in [0.3, 0.4) is 0 Å². The van der Waals surface area contributed by atoms with Crippen LogP contribution in [-0.2, 0) is 10.0 Å². The third-order valence-electron chi connectivity index (χ3n) is 4.11. The molecule has 3 rings (SSSR count). The molecule has 4 heteroatoms. The topological polar surface area (TPSA) is 37.4 Å². The number of benzene rings is 1. The van der Waals surface area contributed by atoms with Crippen LogP contribution in [0.15, 0.2) is 41.4 Å². The maximum Gasteiger partial charge on any atom is 0.263 e. The zero-order valence-corrected chi connectivity index (χ0v) is 11.4. The Morgan fingerprint density at radius 2 is 1.94 bits per heavy atom. The Morgan fingerprint density at radius 1 is 1.28 bits per heavy atom. The minimum Gasteiger partial charge on any atom is -0.273 e. The van der Waals surface area contributed by atoms with E-state index in [1.54, 1.807) is 18.3 Å². The van der Waals surface area contributed by atoms with Gasteiger partial charge in [0.05, 0.1) is 4.90 Å². The van der Waals surface area contributed by atoms with Crippen LogP contribution < -0.4 is 0 Å². The summed E-state index contributed by atoms with van der Waals surface area (Å²) in [5, 5.41) is 0. The first-order valence-corrected chi connectivity index (χ1v) is 7.64. The summed E-state index contributed by atoms with van der Waals surface area (Å²) in [5.41, 5.74) is 1.32. The summed E-state index contributed by atoms with van der Waals surface area (Å²) in [6.45, 7) is 4.75. The monoisotopic (exact) mass is 263 g/mol. The van der Waals surface area contributed by atoms with Crippen LogP contribution in [0.1, 0.15) is 18.9 Å². The van der Waals surface area contributed by atoms with Crippen LogP contribution in [0, 0.1) is 18.3 Å². The third-order valence-corrected chi connectivity index (χ3v) is 5.86. The van der Waals surface area contributed by atoms with Crippen LogP contribution in [0.4, 0.5) is 0 Å². The fourth-order valence-electron chi connectivity index (χ4n) is 2.50. The minimum atomic E-state index is -3.37. The van der Waals surface area contributed by atoms with E-state index in [9.17, 15) is 8.42 Å². The Hall–Kier alpha value is -1.29. The zero-order chi connectivity index (χ0) is 13.0. The Kier molecular flexibility index (Phi) is 2.36. The average Bonchev–Trinajstić information content (AvgIpc) is 3.00. The Balaban J connectivity index is 1.92. The van der Waals surface area contributed by atoms with Gasteiger partial charge in [0.25, 0.3) is 10.0 Å². The molecule has 1 aromatic rings. The van der Waals surface area contributed by atoms with E-state index in [2.05, 4.69) is 6.92 Å². The molecule has 0 saturated heterocycles. The minimum absolute atomic E-state index is 0.249. The molecule has 1 heterocycles. The lowest BCUT2D eigenvalue weighted by molar-refractivity contribution is 0.432. The fraction of sp³-hybridized carbons (Fsp3) is 0.429. The molecule has 1 aliphatic carbocycles. The van der Waals surface area contributed by atoms with Crippen molar-refractivity contribution in [3.63, 3.8) is 0 Å². The van der Waals surface area contributed by atoms with Crippen LogP contribution in [0.5, 0.6) is 0 Å². The van der Waals surface area contributed by atoms with Gasteiger partial charge < -0.3 is 0 Å². The fourth-order valence-corrected chi connectivity index (χ4v) is 3.85. The quantitative estimate of drug-likeness (QED) is 0.822. The molecule has 0 amide bonds. The van der Waals surface area contributed by atoms with E-state index in [1.807, 2.05) is 25.1 Å². The molecule has 0 aromatic heterocycles. The number of rotatable bonds is 2. The molecule has 0 bridgehead atoms. The van der Waals surface area contributed by atoms with Gasteiger partial charge in [0, 0.05) is 12.7 Å². The summed E-state index contributed by atoms with van der Waals surface area (Å²) in [6, 6.07) is 7.03. The van der Waals surface area contributed by atoms with E-state index in [-0.39, 0.29) is 5.41 Å². The second kappa shape index (κ2) is 3.60. The largest absolute Gasteiger partial charge is 0.273 e. The first-order chi connectivity index (χ1) is 8.42. The highest BCUT2D eigenvalue weighted by atomic mass is 32.2. The summed E-state index contributed by atoms with van der Waals surface area (Å²) < 4.78 is 26.4. The summed E-state index contributed by atoms with van der Waals surface area (Å²) in [5.74, 6) is 0.489. The lowest BCUT2D eigenvalue weighted by atomic mass is 10.1. The molecule has 1 saturated carbocycles. The van der Waals surface area contributed by atoms with E-state index in [4.69, 9.17) is 0 Å². The lowest BCUT2D eigenvalue weighted by Gasteiger charge is -2.25. The van der Waals surface area contributed by atoms with Crippen molar-refractivity contribution in [1.82, 2.24) is 4.31 Å². The molecule has 1 fully saturated rings. The van der Waals surface area contributed by atoms with E-state index in [1.165, 1.54) is 4.31 Å². The molecule has 1 aliphatic heterocycles. The second-order valence-corrected chi connectivity index (χ2v) is 7.50. The van der Waals surface area contributed by atoms with Crippen LogP contribution in [0.2, 0.25) is 0 Å². The number of allylic oxidation sites excluding steroid dienone is 1. The van der Waals surface area contributed by atoms with Gasteiger partial charge in [0.2, 0.25) is 0 Å². The molecule has 1 aromatic carbocycles. The van der Waals surface area contributed by atoms with Crippen molar-refractivity contribution in [1.29, 1.82) is 0 Å². The lowest BCUT2D eigenvalue weighted by Crippen LogP contribution is -2.31. The first-order valence-electron chi connectivity index (χ1n) is 6.20. The van der Waals surface area contributed by atoms with Crippen molar-refractivity contribution in [3.05, 3.63) is 42.1 Å². The van der Waals surface area contributed by atoms with Crippen molar-refractivity contribution in [2.24, 2.45) is 11.3 Å². The van der Waals surface area contributed by atoms with Gasteiger partial charge in [-0.05, 0) is 36.8 Å². The maximum absolute atomic E-state index is 12.4. The summed E-state index contributed by atoms with van der Waals surface area (Å²) >= 11 is 0. The predicted molar refractivity (Wildman–Crippen MR) is 70.4 cm³/mol. The Bertz CT molecular complexity index is 603. The number of aryl methyl sites for hydroxylation is 1. The van der Waals surface area contributed by atoms with Gasteiger partial charge in [0.15, 0.2) is 0 Å². The molecule has 96 valence electrons.